The maximum absolute atomic E-state index is 12.9. The summed E-state index contributed by atoms with van der Waals surface area (Å²) in [6.07, 6.45) is 2.39. The number of carbonyl (C=O) groups is 2. The van der Waals surface area contributed by atoms with E-state index in [0.717, 1.165) is 24.2 Å². The first-order chi connectivity index (χ1) is 14.0. The van der Waals surface area contributed by atoms with Crippen molar-refractivity contribution in [3.63, 3.8) is 0 Å². The van der Waals surface area contributed by atoms with Gasteiger partial charge in [0, 0.05) is 12.1 Å². The largest absolute Gasteiger partial charge is 0.508 e. The average molecular weight is 393 g/mol. The van der Waals surface area contributed by atoms with E-state index in [1.165, 1.54) is 17.0 Å². The van der Waals surface area contributed by atoms with E-state index in [2.05, 4.69) is 0 Å². The van der Waals surface area contributed by atoms with Crippen LogP contribution >= 0.6 is 0 Å². The average Bonchev–Trinajstić information content (AvgIpc) is 2.98. The lowest BCUT2D eigenvalue weighted by Gasteiger charge is -2.25. The number of nitrogens with zero attached hydrogens (tertiary/aromatic N) is 1. The molecule has 1 unspecified atom stereocenters. The number of aryl methyl sites for hydroxylation is 1. The molecule has 1 amide bonds. The van der Waals surface area contributed by atoms with Crippen molar-refractivity contribution in [3.05, 3.63) is 64.7 Å². The number of Topliss-reactive ketones (excluding diaryl/α,β-unsaturated/α-hetero) is 1. The number of ether oxygens (including phenoxy) is 1. The van der Waals surface area contributed by atoms with Gasteiger partial charge in [-0.3, -0.25) is 9.59 Å². The fourth-order valence-electron chi connectivity index (χ4n) is 4.06. The molecule has 0 aliphatic carbocycles. The molecule has 0 spiro atoms. The van der Waals surface area contributed by atoms with E-state index < -0.39 is 17.7 Å². The van der Waals surface area contributed by atoms with Crippen LogP contribution in [0.25, 0.3) is 5.76 Å². The third kappa shape index (κ3) is 3.35. The molecule has 2 heterocycles. The highest BCUT2D eigenvalue weighted by Gasteiger charge is 2.45. The first-order valence-corrected chi connectivity index (χ1v) is 9.84. The lowest BCUT2D eigenvalue weighted by Crippen LogP contribution is -2.30. The van der Waals surface area contributed by atoms with Crippen molar-refractivity contribution in [3.8, 4) is 11.5 Å². The van der Waals surface area contributed by atoms with E-state index in [0.29, 0.717) is 30.7 Å². The Morgan fingerprint density at radius 3 is 2.79 bits per heavy atom. The summed E-state index contributed by atoms with van der Waals surface area (Å²) in [5.41, 5.74) is 2.08. The number of fused-ring (bicyclic) bond motifs is 1. The first-order valence-electron chi connectivity index (χ1n) is 9.84. The maximum Gasteiger partial charge on any atom is 0.295 e. The topological polar surface area (TPSA) is 87.1 Å². The second kappa shape index (κ2) is 7.62. The summed E-state index contributed by atoms with van der Waals surface area (Å²) < 4.78 is 5.62. The molecule has 0 saturated carbocycles. The predicted octanol–water partition coefficient (Wildman–Crippen LogP) is 3.55. The lowest BCUT2D eigenvalue weighted by molar-refractivity contribution is -0.139. The van der Waals surface area contributed by atoms with Crippen LogP contribution in [-0.4, -0.2) is 40.0 Å². The van der Waals surface area contributed by atoms with Crippen LogP contribution < -0.4 is 4.74 Å². The molecule has 2 aromatic carbocycles. The van der Waals surface area contributed by atoms with Gasteiger partial charge in [-0.1, -0.05) is 19.1 Å². The highest BCUT2D eigenvalue weighted by atomic mass is 16.5. The van der Waals surface area contributed by atoms with Gasteiger partial charge in [0.25, 0.3) is 11.7 Å². The van der Waals surface area contributed by atoms with Gasteiger partial charge in [0.1, 0.15) is 17.3 Å². The van der Waals surface area contributed by atoms with E-state index >= 15 is 0 Å². The highest BCUT2D eigenvalue weighted by Crippen LogP contribution is 2.40. The number of phenolic OH excluding ortho intramolecular Hbond substituents is 1. The van der Waals surface area contributed by atoms with Crippen LogP contribution in [0, 0.1) is 0 Å². The number of rotatable bonds is 4. The Bertz CT molecular complexity index is 1010. The van der Waals surface area contributed by atoms with Crippen molar-refractivity contribution in [1.82, 2.24) is 4.90 Å². The number of aromatic hydroxyl groups is 1. The standard InChI is InChI=1S/C23H23NO5/c1-2-10-24-20(15-5-3-7-17(25)13-15)19(22(27)23(24)28)21(26)16-8-9-18-14(12-16)6-4-11-29-18/h3,5,7-9,12-13,20,25-26H,2,4,6,10-11H2,1H3/b21-19-. The van der Waals surface area contributed by atoms with Gasteiger partial charge >= 0.3 is 0 Å². The van der Waals surface area contributed by atoms with E-state index in [4.69, 9.17) is 4.74 Å². The van der Waals surface area contributed by atoms with Crippen molar-refractivity contribution < 1.29 is 24.5 Å². The third-order valence-corrected chi connectivity index (χ3v) is 5.37. The number of benzene rings is 2. The molecule has 1 atom stereocenters. The van der Waals surface area contributed by atoms with Crippen LogP contribution in [-0.2, 0) is 16.0 Å². The minimum Gasteiger partial charge on any atom is -0.508 e. The van der Waals surface area contributed by atoms with Crippen molar-refractivity contribution in [1.29, 1.82) is 0 Å². The summed E-state index contributed by atoms with van der Waals surface area (Å²) in [5.74, 6) is -0.732. The summed E-state index contributed by atoms with van der Waals surface area (Å²) in [5, 5.41) is 21.0. The van der Waals surface area contributed by atoms with Crippen molar-refractivity contribution >= 4 is 17.4 Å². The number of aliphatic hydroxyl groups is 1. The number of likely N-dealkylation sites (tertiary alicyclic amines) is 1. The molecule has 1 saturated heterocycles. The highest BCUT2D eigenvalue weighted by molar-refractivity contribution is 6.46. The molecule has 29 heavy (non-hydrogen) atoms. The number of phenols is 1. The van der Waals surface area contributed by atoms with Crippen LogP contribution in [0.15, 0.2) is 48.0 Å². The molecule has 4 rings (SSSR count). The Hall–Kier alpha value is -3.28. The monoisotopic (exact) mass is 393 g/mol. The minimum absolute atomic E-state index is 0.0375. The zero-order chi connectivity index (χ0) is 20.5. The second-order valence-electron chi connectivity index (χ2n) is 7.36. The Morgan fingerprint density at radius 2 is 2.03 bits per heavy atom. The maximum atomic E-state index is 12.9. The van der Waals surface area contributed by atoms with Gasteiger partial charge in [-0.2, -0.15) is 0 Å². The molecule has 6 nitrogen and oxygen atoms in total. The van der Waals surface area contributed by atoms with Gasteiger partial charge in [0.15, 0.2) is 0 Å². The Balaban J connectivity index is 1.86. The summed E-state index contributed by atoms with van der Waals surface area (Å²) >= 11 is 0. The molecule has 2 aromatic rings. The van der Waals surface area contributed by atoms with Gasteiger partial charge in [0.05, 0.1) is 18.2 Å². The summed E-state index contributed by atoms with van der Waals surface area (Å²) in [6.45, 7) is 2.96. The van der Waals surface area contributed by atoms with E-state index in [-0.39, 0.29) is 17.1 Å². The Labute approximate surface area is 169 Å². The van der Waals surface area contributed by atoms with Gasteiger partial charge in [-0.15, -0.1) is 0 Å². The molecular weight excluding hydrogens is 370 g/mol. The second-order valence-corrected chi connectivity index (χ2v) is 7.36. The van der Waals surface area contributed by atoms with Gasteiger partial charge in [-0.05, 0) is 60.7 Å². The van der Waals surface area contributed by atoms with Crippen LogP contribution in [0.5, 0.6) is 11.5 Å². The molecule has 2 aliphatic heterocycles. The summed E-state index contributed by atoms with van der Waals surface area (Å²) in [7, 11) is 0. The summed E-state index contributed by atoms with van der Waals surface area (Å²) in [4.78, 5) is 27.0. The van der Waals surface area contributed by atoms with Crippen molar-refractivity contribution in [2.24, 2.45) is 0 Å². The SMILES string of the molecule is CCCN1C(=O)C(=O)/C(=C(\O)c2ccc3c(c2)CCCO3)C1c1cccc(O)c1. The Morgan fingerprint density at radius 1 is 1.21 bits per heavy atom. The van der Waals surface area contributed by atoms with Gasteiger partial charge in [0.2, 0.25) is 0 Å². The summed E-state index contributed by atoms with van der Waals surface area (Å²) in [6, 6.07) is 11.0. The quantitative estimate of drug-likeness (QED) is 0.471. The molecular formula is C23H23NO5. The number of hydrogen-bond donors (Lipinski definition) is 2. The number of ketones is 1. The molecule has 150 valence electrons. The molecule has 0 aromatic heterocycles. The van der Waals surface area contributed by atoms with E-state index in [1.807, 2.05) is 13.0 Å². The number of aliphatic hydroxyl groups excluding tert-OH is 1. The zero-order valence-corrected chi connectivity index (χ0v) is 16.2. The molecule has 2 aliphatic rings. The van der Waals surface area contributed by atoms with Gasteiger partial charge in [-0.25, -0.2) is 0 Å². The molecule has 6 heteroatoms. The smallest absolute Gasteiger partial charge is 0.295 e. The van der Waals surface area contributed by atoms with Crippen LogP contribution in [0.4, 0.5) is 0 Å². The predicted molar refractivity (Wildman–Crippen MR) is 108 cm³/mol. The van der Waals surface area contributed by atoms with Crippen molar-refractivity contribution in [2.75, 3.05) is 13.2 Å². The minimum atomic E-state index is -0.741. The molecule has 0 bridgehead atoms. The lowest BCUT2D eigenvalue weighted by atomic mass is 9.94. The van der Waals surface area contributed by atoms with Gasteiger partial charge < -0.3 is 19.8 Å². The fourth-order valence-corrected chi connectivity index (χ4v) is 4.06. The van der Waals surface area contributed by atoms with Crippen LogP contribution in [0.1, 0.15) is 42.5 Å². The molecule has 0 radical (unpaired) electrons. The Kier molecular flexibility index (Phi) is 5.01. The first kappa shape index (κ1) is 19.1. The number of hydrogen-bond acceptors (Lipinski definition) is 5. The normalized spacial score (nSPS) is 20.4. The third-order valence-electron chi connectivity index (χ3n) is 5.37. The number of carbonyl (C=O) groups excluding carboxylic acids is 2. The number of amides is 1. The zero-order valence-electron chi connectivity index (χ0n) is 16.2. The van der Waals surface area contributed by atoms with Crippen LogP contribution in [0.2, 0.25) is 0 Å². The van der Waals surface area contributed by atoms with E-state index in [1.54, 1.807) is 24.3 Å². The molecule has 1 fully saturated rings. The van der Waals surface area contributed by atoms with Crippen molar-refractivity contribution in [2.45, 2.75) is 32.2 Å². The van der Waals surface area contributed by atoms with Crippen LogP contribution in [0.3, 0.4) is 0 Å². The fraction of sp³-hybridized carbons (Fsp3) is 0.304. The molecule has 2 N–H and O–H groups in total. The van der Waals surface area contributed by atoms with E-state index in [9.17, 15) is 19.8 Å².